The molecule has 0 aliphatic heterocycles. The van der Waals surface area contributed by atoms with Gasteiger partial charge in [0.05, 0.1) is 10.9 Å². The van der Waals surface area contributed by atoms with Crippen molar-refractivity contribution < 1.29 is 9.15 Å². The van der Waals surface area contributed by atoms with Gasteiger partial charge in [-0.3, -0.25) is 0 Å². The molecule has 0 fully saturated rings. The molecule has 3 rings (SSSR count). The molecular weight excluding hydrogens is 290 g/mol. The van der Waals surface area contributed by atoms with E-state index in [1.807, 2.05) is 36.4 Å². The molecule has 0 bridgehead atoms. The topological polar surface area (TPSA) is 52.3 Å². The van der Waals surface area contributed by atoms with E-state index >= 15 is 0 Å². The Hall–Kier alpha value is -2.62. The zero-order chi connectivity index (χ0) is 16.2. The smallest absolute Gasteiger partial charge is 0.397 e. The van der Waals surface area contributed by atoms with Gasteiger partial charge in [-0.15, -0.1) is 0 Å². The summed E-state index contributed by atoms with van der Waals surface area (Å²) in [6.07, 6.45) is 0.624. The highest BCUT2D eigenvalue weighted by atomic mass is 16.6. The van der Waals surface area contributed by atoms with Gasteiger partial charge in [0, 0.05) is 0 Å². The Morgan fingerprint density at radius 2 is 1.74 bits per heavy atom. The quantitative estimate of drug-likeness (QED) is 0.703. The number of hydrogen-bond donors (Lipinski definition) is 0. The monoisotopic (exact) mass is 309 g/mol. The van der Waals surface area contributed by atoms with Crippen molar-refractivity contribution in [3.05, 3.63) is 70.6 Å². The van der Waals surface area contributed by atoms with Crippen LogP contribution in [-0.2, 0) is 0 Å². The van der Waals surface area contributed by atoms with Gasteiger partial charge in [-0.25, -0.2) is 4.79 Å². The van der Waals surface area contributed by atoms with E-state index in [0.717, 1.165) is 12.0 Å². The van der Waals surface area contributed by atoms with Crippen LogP contribution in [-0.4, -0.2) is 4.98 Å². The summed E-state index contributed by atoms with van der Waals surface area (Å²) >= 11 is 0. The lowest BCUT2D eigenvalue weighted by Gasteiger charge is -2.19. The van der Waals surface area contributed by atoms with Crippen LogP contribution in [0.3, 0.4) is 0 Å². The van der Waals surface area contributed by atoms with Crippen molar-refractivity contribution in [3.63, 3.8) is 0 Å². The number of ether oxygens (including phenoxy) is 1. The average Bonchev–Trinajstić information content (AvgIpc) is 2.55. The summed E-state index contributed by atoms with van der Waals surface area (Å²) in [5.41, 5.74) is 1.19. The molecule has 0 spiro atoms. The van der Waals surface area contributed by atoms with Gasteiger partial charge in [-0.1, -0.05) is 56.3 Å². The fraction of sp³-hybridized carbons (Fsp3) is 0.263. The molecule has 1 aromatic heterocycles. The summed E-state index contributed by atoms with van der Waals surface area (Å²) in [5.74, 6) is 0.437. The van der Waals surface area contributed by atoms with Crippen LogP contribution in [0.25, 0.3) is 10.9 Å². The highest BCUT2D eigenvalue weighted by molar-refractivity contribution is 5.76. The van der Waals surface area contributed by atoms with Crippen LogP contribution < -0.4 is 10.4 Å². The first-order valence-corrected chi connectivity index (χ1v) is 7.75. The van der Waals surface area contributed by atoms with Crippen LogP contribution in [0.5, 0.6) is 6.08 Å². The molecule has 0 radical (unpaired) electrons. The average molecular weight is 309 g/mol. The number of fused-ring (bicyclic) bond motifs is 1. The second-order valence-corrected chi connectivity index (χ2v) is 5.93. The predicted molar refractivity (Wildman–Crippen MR) is 89.5 cm³/mol. The van der Waals surface area contributed by atoms with Crippen molar-refractivity contribution in [2.45, 2.75) is 26.4 Å². The van der Waals surface area contributed by atoms with E-state index in [0.29, 0.717) is 16.8 Å². The molecule has 1 atom stereocenters. The Bertz CT molecular complexity index is 840. The number of para-hydroxylation sites is 1. The van der Waals surface area contributed by atoms with E-state index in [9.17, 15) is 4.79 Å². The van der Waals surface area contributed by atoms with Gasteiger partial charge < -0.3 is 9.15 Å². The fourth-order valence-corrected chi connectivity index (χ4v) is 2.52. The van der Waals surface area contributed by atoms with Crippen molar-refractivity contribution in [2.75, 3.05) is 0 Å². The molecule has 0 saturated heterocycles. The Morgan fingerprint density at radius 1 is 1.04 bits per heavy atom. The number of aromatic nitrogens is 1. The van der Waals surface area contributed by atoms with E-state index in [1.54, 1.807) is 18.2 Å². The van der Waals surface area contributed by atoms with Crippen molar-refractivity contribution in [1.29, 1.82) is 0 Å². The Kier molecular flexibility index (Phi) is 4.42. The summed E-state index contributed by atoms with van der Waals surface area (Å²) in [5, 5.41) is 0.458. The van der Waals surface area contributed by atoms with Crippen LogP contribution in [0.1, 0.15) is 31.9 Å². The van der Waals surface area contributed by atoms with Crippen LogP contribution in [0.15, 0.2) is 63.8 Å². The van der Waals surface area contributed by atoms with Gasteiger partial charge in [-0.2, -0.15) is 4.98 Å². The lowest BCUT2D eigenvalue weighted by molar-refractivity contribution is 0.121. The summed E-state index contributed by atoms with van der Waals surface area (Å²) in [7, 11) is 0. The highest BCUT2D eigenvalue weighted by Crippen LogP contribution is 2.27. The zero-order valence-electron chi connectivity index (χ0n) is 13.2. The van der Waals surface area contributed by atoms with E-state index < -0.39 is 5.63 Å². The maximum atomic E-state index is 12.1. The first-order chi connectivity index (χ1) is 11.1. The van der Waals surface area contributed by atoms with E-state index in [2.05, 4.69) is 18.8 Å². The van der Waals surface area contributed by atoms with Crippen LogP contribution in [0, 0.1) is 5.92 Å². The van der Waals surface area contributed by atoms with Crippen molar-refractivity contribution in [3.8, 4) is 6.08 Å². The number of hydrogen-bond acceptors (Lipinski definition) is 4. The van der Waals surface area contributed by atoms with Gasteiger partial charge in [-0.05, 0) is 30.0 Å². The third kappa shape index (κ3) is 3.59. The summed E-state index contributed by atoms with van der Waals surface area (Å²) in [6, 6.07) is 17.0. The van der Waals surface area contributed by atoms with Crippen LogP contribution >= 0.6 is 0 Å². The second-order valence-electron chi connectivity index (χ2n) is 5.93. The van der Waals surface area contributed by atoms with E-state index in [4.69, 9.17) is 9.15 Å². The molecular formula is C19H19NO3. The first kappa shape index (κ1) is 15.3. The summed E-state index contributed by atoms with van der Waals surface area (Å²) in [4.78, 5) is 16.4. The molecule has 0 aliphatic carbocycles. The minimum atomic E-state index is -0.429. The van der Waals surface area contributed by atoms with Crippen molar-refractivity contribution in [2.24, 2.45) is 5.92 Å². The molecule has 2 aromatic carbocycles. The third-order valence-electron chi connectivity index (χ3n) is 3.62. The second kappa shape index (κ2) is 6.65. The van der Waals surface area contributed by atoms with Crippen LogP contribution in [0.4, 0.5) is 0 Å². The molecule has 0 aliphatic rings. The molecule has 0 saturated carbocycles. The predicted octanol–water partition coefficient (Wildman–Crippen LogP) is 4.35. The molecule has 0 N–H and O–H groups in total. The molecule has 4 heteroatoms. The standard InChI is InChI=1S/C19H19NO3/c1-13(2)12-17(14-8-4-3-5-9-14)22-19-20-16-11-7-6-10-15(16)18(21)23-19/h3-11,13,17H,12H2,1-2H3. The number of benzene rings is 2. The fourth-order valence-electron chi connectivity index (χ4n) is 2.52. The SMILES string of the molecule is CC(C)CC(Oc1nc2ccccc2c(=O)o1)c1ccccc1. The maximum absolute atomic E-state index is 12.1. The third-order valence-corrected chi connectivity index (χ3v) is 3.62. The largest absolute Gasteiger partial charge is 0.442 e. The normalized spacial score (nSPS) is 12.5. The van der Waals surface area contributed by atoms with Gasteiger partial charge in [0.2, 0.25) is 0 Å². The lowest BCUT2D eigenvalue weighted by atomic mass is 9.99. The molecule has 0 amide bonds. The molecule has 23 heavy (non-hydrogen) atoms. The Labute approximate surface area is 134 Å². The Balaban J connectivity index is 1.95. The summed E-state index contributed by atoms with van der Waals surface area (Å²) < 4.78 is 11.2. The lowest BCUT2D eigenvalue weighted by Crippen LogP contribution is -2.13. The maximum Gasteiger partial charge on any atom is 0.397 e. The molecule has 3 aromatic rings. The van der Waals surface area contributed by atoms with Crippen molar-refractivity contribution in [1.82, 2.24) is 4.98 Å². The minimum Gasteiger partial charge on any atom is -0.442 e. The van der Waals surface area contributed by atoms with E-state index in [1.165, 1.54) is 0 Å². The molecule has 1 heterocycles. The van der Waals surface area contributed by atoms with Gasteiger partial charge in [0.1, 0.15) is 6.10 Å². The van der Waals surface area contributed by atoms with Gasteiger partial charge in [0.15, 0.2) is 0 Å². The Morgan fingerprint density at radius 3 is 2.48 bits per heavy atom. The number of rotatable bonds is 5. The van der Waals surface area contributed by atoms with Crippen molar-refractivity contribution >= 4 is 10.9 Å². The van der Waals surface area contributed by atoms with Gasteiger partial charge >= 0.3 is 11.7 Å². The first-order valence-electron chi connectivity index (χ1n) is 7.75. The van der Waals surface area contributed by atoms with Gasteiger partial charge in [0.25, 0.3) is 0 Å². The minimum absolute atomic E-state index is 0.0169. The van der Waals surface area contributed by atoms with Crippen LogP contribution in [0.2, 0.25) is 0 Å². The zero-order valence-corrected chi connectivity index (χ0v) is 13.2. The summed E-state index contributed by atoms with van der Waals surface area (Å²) in [6.45, 7) is 4.26. The molecule has 118 valence electrons. The van der Waals surface area contributed by atoms with E-state index in [-0.39, 0.29) is 12.2 Å². The molecule has 4 nitrogen and oxygen atoms in total. The molecule has 1 unspecified atom stereocenters. The highest BCUT2D eigenvalue weighted by Gasteiger charge is 2.18. The number of nitrogens with zero attached hydrogens (tertiary/aromatic N) is 1.